The molecule has 0 aliphatic carbocycles. The summed E-state index contributed by atoms with van der Waals surface area (Å²) in [5, 5.41) is 0. The van der Waals surface area contributed by atoms with Gasteiger partial charge in [0.1, 0.15) is 11.4 Å². The van der Waals surface area contributed by atoms with Crippen molar-refractivity contribution >= 4 is 17.3 Å². The van der Waals surface area contributed by atoms with Gasteiger partial charge < -0.3 is 9.64 Å². The third-order valence-corrected chi connectivity index (χ3v) is 6.07. The summed E-state index contributed by atoms with van der Waals surface area (Å²) >= 11 is 0. The molecule has 0 aromatic heterocycles. The molecular formula is C20H22N2O2. The molecule has 24 heavy (non-hydrogen) atoms. The first kappa shape index (κ1) is 15.1. The van der Waals surface area contributed by atoms with E-state index in [4.69, 9.17) is 4.74 Å². The standard InChI is InChI=1S/C20H22N2O2/c1-19-13-18(23)22(16-11-7-8-12-17(16)24-4)20(19,2)21(3)15-10-6-5-9-14(15)19/h5-12H,13H2,1-4H3. The minimum absolute atomic E-state index is 0.130. The van der Waals surface area contributed by atoms with Crippen LogP contribution in [0.15, 0.2) is 48.5 Å². The summed E-state index contributed by atoms with van der Waals surface area (Å²) in [5.74, 6) is 0.853. The fourth-order valence-electron chi connectivity index (χ4n) is 4.56. The normalized spacial score (nSPS) is 28.1. The Labute approximate surface area is 142 Å². The zero-order valence-electron chi connectivity index (χ0n) is 14.5. The van der Waals surface area contributed by atoms with Gasteiger partial charge in [0.2, 0.25) is 5.91 Å². The van der Waals surface area contributed by atoms with Gasteiger partial charge in [-0.05, 0) is 30.7 Å². The van der Waals surface area contributed by atoms with E-state index in [1.807, 2.05) is 29.2 Å². The highest BCUT2D eigenvalue weighted by Gasteiger charge is 2.65. The summed E-state index contributed by atoms with van der Waals surface area (Å²) in [5.41, 5.74) is 2.52. The molecule has 2 aliphatic heterocycles. The lowest BCUT2D eigenvalue weighted by atomic mass is 9.75. The number of methoxy groups -OCH3 is 1. The summed E-state index contributed by atoms with van der Waals surface area (Å²) in [7, 11) is 3.72. The average Bonchev–Trinajstić information content (AvgIpc) is 2.90. The smallest absolute Gasteiger partial charge is 0.230 e. The maximum absolute atomic E-state index is 13.1. The largest absolute Gasteiger partial charge is 0.495 e. The van der Waals surface area contributed by atoms with Crippen LogP contribution in [0, 0.1) is 0 Å². The number of anilines is 2. The number of likely N-dealkylation sites (N-methyl/N-ethyl adjacent to an activating group) is 1. The first-order valence-electron chi connectivity index (χ1n) is 8.24. The van der Waals surface area contributed by atoms with Crippen molar-refractivity contribution in [2.75, 3.05) is 24.0 Å². The summed E-state index contributed by atoms with van der Waals surface area (Å²) in [6.45, 7) is 4.35. The van der Waals surface area contributed by atoms with Gasteiger partial charge in [-0.1, -0.05) is 37.3 Å². The zero-order chi connectivity index (χ0) is 17.1. The van der Waals surface area contributed by atoms with Gasteiger partial charge in [0.25, 0.3) is 0 Å². The second-order valence-corrected chi connectivity index (χ2v) is 7.01. The maximum atomic E-state index is 13.1. The highest BCUT2D eigenvalue weighted by Crippen LogP contribution is 2.59. The van der Waals surface area contributed by atoms with Gasteiger partial charge in [0, 0.05) is 24.6 Å². The quantitative estimate of drug-likeness (QED) is 0.847. The van der Waals surface area contributed by atoms with Gasteiger partial charge in [-0.15, -0.1) is 0 Å². The second-order valence-electron chi connectivity index (χ2n) is 7.01. The van der Waals surface area contributed by atoms with Gasteiger partial charge >= 0.3 is 0 Å². The van der Waals surface area contributed by atoms with E-state index in [9.17, 15) is 4.79 Å². The number of rotatable bonds is 2. The predicted octanol–water partition coefficient (Wildman–Crippen LogP) is 3.56. The number of hydrogen-bond donors (Lipinski definition) is 0. The number of fused-ring (bicyclic) bond motifs is 3. The van der Waals surface area contributed by atoms with Crippen LogP contribution in [0.2, 0.25) is 0 Å². The summed E-state index contributed by atoms with van der Waals surface area (Å²) in [4.78, 5) is 17.2. The van der Waals surface area contributed by atoms with E-state index in [0.29, 0.717) is 6.42 Å². The highest BCUT2D eigenvalue weighted by molar-refractivity contribution is 6.03. The molecule has 2 aromatic carbocycles. The Bertz CT molecular complexity index is 834. The van der Waals surface area contributed by atoms with Crippen molar-refractivity contribution in [2.24, 2.45) is 0 Å². The Morgan fingerprint density at radius 2 is 1.62 bits per heavy atom. The van der Waals surface area contributed by atoms with Crippen LogP contribution in [0.1, 0.15) is 25.8 Å². The van der Waals surface area contributed by atoms with Gasteiger partial charge in [0.05, 0.1) is 12.8 Å². The van der Waals surface area contributed by atoms with Crippen molar-refractivity contribution in [2.45, 2.75) is 31.3 Å². The fraction of sp³-hybridized carbons (Fsp3) is 0.350. The molecule has 4 nitrogen and oxygen atoms in total. The molecule has 1 saturated heterocycles. The third kappa shape index (κ3) is 1.56. The molecule has 2 heterocycles. The van der Waals surface area contributed by atoms with Crippen LogP contribution in [-0.4, -0.2) is 25.7 Å². The Hall–Kier alpha value is -2.49. The minimum Gasteiger partial charge on any atom is -0.495 e. The fourth-order valence-corrected chi connectivity index (χ4v) is 4.56. The van der Waals surface area contributed by atoms with Crippen molar-refractivity contribution in [3.05, 3.63) is 54.1 Å². The molecule has 2 unspecified atom stereocenters. The lowest BCUT2D eigenvalue weighted by Crippen LogP contribution is -2.60. The van der Waals surface area contributed by atoms with Gasteiger partial charge in [-0.3, -0.25) is 9.69 Å². The lowest BCUT2D eigenvalue weighted by molar-refractivity contribution is -0.117. The minimum atomic E-state index is -0.470. The number of ether oxygens (including phenoxy) is 1. The predicted molar refractivity (Wildman–Crippen MR) is 95.7 cm³/mol. The maximum Gasteiger partial charge on any atom is 0.230 e. The molecule has 0 N–H and O–H groups in total. The molecule has 2 aromatic rings. The number of para-hydroxylation sites is 3. The molecular weight excluding hydrogens is 300 g/mol. The van der Waals surface area contributed by atoms with Gasteiger partial charge in [0.15, 0.2) is 0 Å². The van der Waals surface area contributed by atoms with Crippen LogP contribution < -0.4 is 14.5 Å². The van der Waals surface area contributed by atoms with E-state index in [0.717, 1.165) is 11.4 Å². The molecule has 0 spiro atoms. The Balaban J connectivity index is 1.95. The van der Waals surface area contributed by atoms with Gasteiger partial charge in [-0.25, -0.2) is 0 Å². The van der Waals surface area contributed by atoms with Crippen LogP contribution in [-0.2, 0) is 10.2 Å². The van der Waals surface area contributed by atoms with Crippen molar-refractivity contribution in [1.29, 1.82) is 0 Å². The topological polar surface area (TPSA) is 32.8 Å². The second kappa shape index (κ2) is 4.76. The van der Waals surface area contributed by atoms with E-state index in [2.05, 4.69) is 50.1 Å². The number of amides is 1. The molecule has 0 bridgehead atoms. The molecule has 4 rings (SSSR count). The zero-order valence-corrected chi connectivity index (χ0v) is 14.5. The van der Waals surface area contributed by atoms with Crippen LogP contribution in [0.5, 0.6) is 5.75 Å². The number of benzene rings is 2. The number of carbonyl (C=O) groups is 1. The number of carbonyl (C=O) groups excluding carboxylic acids is 1. The average molecular weight is 322 g/mol. The van der Waals surface area contributed by atoms with Crippen LogP contribution in [0.25, 0.3) is 0 Å². The molecule has 2 aliphatic rings. The first-order chi connectivity index (χ1) is 11.4. The number of hydrogen-bond acceptors (Lipinski definition) is 3. The molecule has 4 heteroatoms. The Morgan fingerprint density at radius 3 is 2.33 bits per heavy atom. The molecule has 124 valence electrons. The van der Waals surface area contributed by atoms with E-state index < -0.39 is 5.66 Å². The van der Waals surface area contributed by atoms with Crippen molar-refractivity contribution in [3.8, 4) is 5.75 Å². The van der Waals surface area contributed by atoms with E-state index in [1.165, 1.54) is 11.3 Å². The SMILES string of the molecule is COc1ccccc1N1C(=O)CC2(C)c3ccccc3N(C)C12C. The molecule has 1 amide bonds. The van der Waals surface area contributed by atoms with Crippen molar-refractivity contribution in [3.63, 3.8) is 0 Å². The van der Waals surface area contributed by atoms with E-state index in [1.54, 1.807) is 7.11 Å². The van der Waals surface area contributed by atoms with Gasteiger partial charge in [-0.2, -0.15) is 0 Å². The molecule has 0 saturated carbocycles. The Morgan fingerprint density at radius 1 is 1.00 bits per heavy atom. The van der Waals surface area contributed by atoms with Crippen LogP contribution in [0.4, 0.5) is 11.4 Å². The highest BCUT2D eigenvalue weighted by atomic mass is 16.5. The van der Waals surface area contributed by atoms with Crippen LogP contribution >= 0.6 is 0 Å². The van der Waals surface area contributed by atoms with Crippen LogP contribution in [0.3, 0.4) is 0 Å². The molecule has 2 atom stereocenters. The van der Waals surface area contributed by atoms with E-state index in [-0.39, 0.29) is 11.3 Å². The summed E-state index contributed by atoms with van der Waals surface area (Å²) < 4.78 is 5.53. The first-order valence-corrected chi connectivity index (χ1v) is 8.24. The Kier molecular flexibility index (Phi) is 2.99. The van der Waals surface area contributed by atoms with E-state index >= 15 is 0 Å². The third-order valence-electron chi connectivity index (χ3n) is 6.07. The molecule has 1 fully saturated rings. The monoisotopic (exact) mass is 322 g/mol. The number of nitrogens with zero attached hydrogens (tertiary/aromatic N) is 2. The lowest BCUT2D eigenvalue weighted by Gasteiger charge is -2.45. The summed E-state index contributed by atoms with van der Waals surface area (Å²) in [6, 6.07) is 16.1. The van der Waals surface area contributed by atoms with Crippen molar-refractivity contribution in [1.82, 2.24) is 0 Å². The molecule has 0 radical (unpaired) electrons. The summed E-state index contributed by atoms with van der Waals surface area (Å²) in [6.07, 6.45) is 0.489. The van der Waals surface area contributed by atoms with Crippen molar-refractivity contribution < 1.29 is 9.53 Å².